The first-order valence-electron chi connectivity index (χ1n) is 8.48. The second-order valence-electron chi connectivity index (χ2n) is 7.73. The van der Waals surface area contributed by atoms with Gasteiger partial charge in [0, 0.05) is 12.1 Å². The smallest absolute Gasteiger partial charge is 0.0126 e. The molecule has 2 unspecified atom stereocenters. The van der Waals surface area contributed by atoms with Crippen LogP contribution in [0.1, 0.15) is 71.6 Å². The van der Waals surface area contributed by atoms with Gasteiger partial charge in [-0.05, 0) is 68.6 Å². The predicted octanol–water partition coefficient (Wildman–Crippen LogP) is 4.37. The lowest BCUT2D eigenvalue weighted by atomic mass is 9.80. The Kier molecular flexibility index (Phi) is 3.98. The molecule has 0 aromatic heterocycles. The maximum Gasteiger partial charge on any atom is 0.0126 e. The van der Waals surface area contributed by atoms with Crippen LogP contribution in [-0.2, 0) is 0 Å². The van der Waals surface area contributed by atoms with Crippen LogP contribution in [0.15, 0.2) is 0 Å². The Morgan fingerprint density at radius 3 is 2.17 bits per heavy atom. The zero-order valence-corrected chi connectivity index (χ0v) is 12.3. The van der Waals surface area contributed by atoms with Gasteiger partial charge in [-0.25, -0.2) is 0 Å². The first-order chi connectivity index (χ1) is 8.72. The highest BCUT2D eigenvalue weighted by atomic mass is 15.0. The van der Waals surface area contributed by atoms with Gasteiger partial charge in [0.05, 0.1) is 0 Å². The van der Waals surface area contributed by atoms with Gasteiger partial charge >= 0.3 is 0 Å². The molecule has 0 aromatic rings. The van der Waals surface area contributed by atoms with Crippen molar-refractivity contribution >= 4 is 0 Å². The number of hydrogen-bond donors (Lipinski definition) is 1. The van der Waals surface area contributed by atoms with E-state index in [0.717, 1.165) is 35.8 Å². The minimum absolute atomic E-state index is 0.855. The van der Waals surface area contributed by atoms with E-state index in [1.165, 1.54) is 57.8 Å². The second kappa shape index (κ2) is 5.53. The molecule has 3 fully saturated rings. The minimum Gasteiger partial charge on any atom is -0.311 e. The van der Waals surface area contributed by atoms with Gasteiger partial charge in [0.2, 0.25) is 0 Å². The van der Waals surface area contributed by atoms with Gasteiger partial charge in [-0.15, -0.1) is 0 Å². The molecule has 0 bridgehead atoms. The van der Waals surface area contributed by atoms with Crippen LogP contribution in [0.25, 0.3) is 0 Å². The molecule has 3 aliphatic rings. The molecular formula is C17H31N. The van der Waals surface area contributed by atoms with Gasteiger partial charge in [-0.2, -0.15) is 0 Å². The van der Waals surface area contributed by atoms with E-state index in [2.05, 4.69) is 19.2 Å². The van der Waals surface area contributed by atoms with Crippen LogP contribution in [0.2, 0.25) is 0 Å². The summed E-state index contributed by atoms with van der Waals surface area (Å²) in [5.41, 5.74) is 0. The van der Waals surface area contributed by atoms with Crippen molar-refractivity contribution in [3.63, 3.8) is 0 Å². The lowest BCUT2D eigenvalue weighted by molar-refractivity contribution is 0.227. The summed E-state index contributed by atoms with van der Waals surface area (Å²) in [6, 6.07) is 1.77. The van der Waals surface area contributed by atoms with Gasteiger partial charge in [-0.1, -0.05) is 26.7 Å². The fourth-order valence-corrected chi connectivity index (χ4v) is 4.16. The summed E-state index contributed by atoms with van der Waals surface area (Å²) < 4.78 is 0. The van der Waals surface area contributed by atoms with Crippen LogP contribution in [0.4, 0.5) is 0 Å². The Labute approximate surface area is 113 Å². The second-order valence-corrected chi connectivity index (χ2v) is 7.73. The van der Waals surface area contributed by atoms with Gasteiger partial charge in [-0.3, -0.25) is 0 Å². The highest BCUT2D eigenvalue weighted by Crippen LogP contribution is 2.45. The number of nitrogens with one attached hydrogen (secondary N) is 1. The molecular weight excluding hydrogens is 218 g/mol. The van der Waals surface area contributed by atoms with Gasteiger partial charge in [0.25, 0.3) is 0 Å². The summed E-state index contributed by atoms with van der Waals surface area (Å²) in [5, 5.41) is 4.08. The van der Waals surface area contributed by atoms with E-state index in [9.17, 15) is 0 Å². The summed E-state index contributed by atoms with van der Waals surface area (Å²) in [7, 11) is 0. The maximum atomic E-state index is 4.08. The van der Waals surface area contributed by atoms with Crippen molar-refractivity contribution in [1.29, 1.82) is 0 Å². The maximum absolute atomic E-state index is 4.08. The molecule has 0 saturated heterocycles. The normalized spacial score (nSPS) is 33.3. The van der Waals surface area contributed by atoms with Gasteiger partial charge < -0.3 is 5.32 Å². The van der Waals surface area contributed by atoms with Crippen LogP contribution < -0.4 is 5.32 Å². The van der Waals surface area contributed by atoms with Crippen molar-refractivity contribution in [3.8, 4) is 0 Å². The topological polar surface area (TPSA) is 12.0 Å². The summed E-state index contributed by atoms with van der Waals surface area (Å²) in [6.07, 6.45) is 13.4. The summed E-state index contributed by atoms with van der Waals surface area (Å²) >= 11 is 0. The Morgan fingerprint density at radius 2 is 1.61 bits per heavy atom. The molecule has 104 valence electrons. The van der Waals surface area contributed by atoms with Gasteiger partial charge in [0.15, 0.2) is 0 Å². The van der Waals surface area contributed by atoms with Crippen LogP contribution in [0, 0.1) is 23.7 Å². The lowest BCUT2D eigenvalue weighted by Gasteiger charge is -2.34. The van der Waals surface area contributed by atoms with Crippen molar-refractivity contribution in [2.45, 2.75) is 83.7 Å². The molecule has 2 atom stereocenters. The molecule has 0 amide bonds. The Bertz CT molecular complexity index is 253. The van der Waals surface area contributed by atoms with E-state index in [-0.39, 0.29) is 0 Å². The zero-order chi connectivity index (χ0) is 12.5. The van der Waals surface area contributed by atoms with Crippen LogP contribution in [-0.4, -0.2) is 12.1 Å². The van der Waals surface area contributed by atoms with E-state index in [4.69, 9.17) is 0 Å². The fraction of sp³-hybridized carbons (Fsp3) is 1.00. The van der Waals surface area contributed by atoms with Crippen molar-refractivity contribution < 1.29 is 0 Å². The van der Waals surface area contributed by atoms with E-state index < -0.39 is 0 Å². The van der Waals surface area contributed by atoms with Crippen molar-refractivity contribution in [3.05, 3.63) is 0 Å². The Balaban J connectivity index is 1.48. The van der Waals surface area contributed by atoms with Gasteiger partial charge in [0.1, 0.15) is 0 Å². The average Bonchev–Trinajstić information content (AvgIpc) is 3.18. The van der Waals surface area contributed by atoms with Crippen LogP contribution in [0.5, 0.6) is 0 Å². The molecule has 0 aromatic carbocycles. The third-order valence-corrected chi connectivity index (χ3v) is 5.28. The molecule has 0 heterocycles. The quantitative estimate of drug-likeness (QED) is 0.737. The minimum atomic E-state index is 0.855. The third-order valence-electron chi connectivity index (χ3n) is 5.28. The third kappa shape index (κ3) is 3.50. The molecule has 0 radical (unpaired) electrons. The summed E-state index contributed by atoms with van der Waals surface area (Å²) in [4.78, 5) is 0. The predicted molar refractivity (Wildman–Crippen MR) is 77.6 cm³/mol. The molecule has 1 nitrogen and oxygen atoms in total. The largest absolute Gasteiger partial charge is 0.311 e. The standard InChI is InChI=1S/C17H31N/c1-12(2)10-13-4-3-5-16(11-13)18-17(14-6-7-14)15-8-9-15/h12-18H,3-11H2,1-2H3. The number of rotatable bonds is 6. The van der Waals surface area contributed by atoms with Crippen LogP contribution >= 0.6 is 0 Å². The highest BCUT2D eigenvalue weighted by Gasteiger charge is 2.42. The average molecular weight is 249 g/mol. The molecule has 1 heteroatoms. The van der Waals surface area contributed by atoms with Crippen molar-refractivity contribution in [2.24, 2.45) is 23.7 Å². The van der Waals surface area contributed by atoms with E-state index >= 15 is 0 Å². The molecule has 18 heavy (non-hydrogen) atoms. The summed E-state index contributed by atoms with van der Waals surface area (Å²) in [5.74, 6) is 4.01. The highest BCUT2D eigenvalue weighted by molar-refractivity contribution is 4.98. The van der Waals surface area contributed by atoms with Crippen molar-refractivity contribution in [1.82, 2.24) is 5.32 Å². The molecule has 3 rings (SSSR count). The molecule has 0 aliphatic heterocycles. The van der Waals surface area contributed by atoms with E-state index in [1.807, 2.05) is 0 Å². The Morgan fingerprint density at radius 1 is 0.944 bits per heavy atom. The molecule has 1 N–H and O–H groups in total. The summed E-state index contributed by atoms with van der Waals surface area (Å²) in [6.45, 7) is 4.77. The molecule has 3 aliphatic carbocycles. The molecule has 0 spiro atoms. The van der Waals surface area contributed by atoms with E-state index in [1.54, 1.807) is 0 Å². The SMILES string of the molecule is CC(C)CC1CCCC(NC(C2CC2)C2CC2)C1. The molecule has 3 saturated carbocycles. The first kappa shape index (κ1) is 13.0. The van der Waals surface area contributed by atoms with Crippen molar-refractivity contribution in [2.75, 3.05) is 0 Å². The number of hydrogen-bond acceptors (Lipinski definition) is 1. The first-order valence-corrected chi connectivity index (χ1v) is 8.48. The zero-order valence-electron chi connectivity index (χ0n) is 12.3. The van der Waals surface area contributed by atoms with E-state index in [0.29, 0.717) is 0 Å². The van der Waals surface area contributed by atoms with Crippen LogP contribution in [0.3, 0.4) is 0 Å². The fourth-order valence-electron chi connectivity index (χ4n) is 4.16. The monoisotopic (exact) mass is 249 g/mol. The Hall–Kier alpha value is -0.0400. The lowest BCUT2D eigenvalue weighted by Crippen LogP contribution is -2.43.